The normalized spacial score (nSPS) is 11.7. The average molecular weight is 268 g/mol. The first kappa shape index (κ1) is 18.0. The van der Waals surface area contributed by atoms with E-state index in [1.54, 1.807) is 6.92 Å². The minimum absolute atomic E-state index is 0.0391. The maximum atomic E-state index is 12.1. The van der Waals surface area contributed by atoms with E-state index in [2.05, 4.69) is 31.1 Å². The molecule has 0 spiro atoms. The van der Waals surface area contributed by atoms with E-state index in [0.29, 0.717) is 37.5 Å². The molecule has 0 aliphatic rings. The quantitative estimate of drug-likeness (QED) is 0.594. The smallest absolute Gasteiger partial charge is 0.159 e. The van der Waals surface area contributed by atoms with Gasteiger partial charge in [-0.3, -0.25) is 9.59 Å². The summed E-state index contributed by atoms with van der Waals surface area (Å²) in [5.74, 6) is 0.195. The van der Waals surface area contributed by atoms with Crippen LogP contribution in [0.25, 0.3) is 0 Å². The van der Waals surface area contributed by atoms with Gasteiger partial charge in [-0.2, -0.15) is 0 Å². The predicted octanol–water partition coefficient (Wildman–Crippen LogP) is 1.85. The van der Waals surface area contributed by atoms with Crippen molar-refractivity contribution in [2.75, 3.05) is 13.1 Å². The molecule has 0 atom stereocenters. The molecule has 2 N–H and O–H groups in total. The Bertz CT molecular complexity index is 333. The van der Waals surface area contributed by atoms with Gasteiger partial charge >= 0.3 is 0 Å². The van der Waals surface area contributed by atoms with Crippen molar-refractivity contribution in [3.63, 3.8) is 0 Å². The molecule has 0 fully saturated rings. The Morgan fingerprint density at radius 3 is 2.21 bits per heavy atom. The van der Waals surface area contributed by atoms with Gasteiger partial charge in [0.05, 0.1) is 5.54 Å². The largest absolute Gasteiger partial charge is 0.314 e. The molecule has 0 heterocycles. The summed E-state index contributed by atoms with van der Waals surface area (Å²) in [4.78, 5) is 23.5. The molecule has 0 aromatic rings. The molecule has 0 aromatic heterocycles. The van der Waals surface area contributed by atoms with Gasteiger partial charge < -0.3 is 10.6 Å². The van der Waals surface area contributed by atoms with Crippen LogP contribution in [0, 0.1) is 0 Å². The molecule has 0 aromatic carbocycles. The van der Waals surface area contributed by atoms with Crippen LogP contribution in [0.3, 0.4) is 0 Å². The standard InChI is InChI=1S/C15H28N2O2/c1-11(2)13(18)7-10-17-15(5,6)14(19)8-9-16-12(3)4/h12,16-17H,1,7-10H2,2-6H3. The lowest BCUT2D eigenvalue weighted by atomic mass is 9.96. The summed E-state index contributed by atoms with van der Waals surface area (Å²) in [6, 6.07) is 0.386. The number of hydrogen-bond donors (Lipinski definition) is 2. The maximum Gasteiger partial charge on any atom is 0.159 e. The highest BCUT2D eigenvalue weighted by atomic mass is 16.1. The van der Waals surface area contributed by atoms with Gasteiger partial charge in [0.15, 0.2) is 11.6 Å². The van der Waals surface area contributed by atoms with Crippen molar-refractivity contribution in [2.45, 2.75) is 59.0 Å². The summed E-state index contributed by atoms with van der Waals surface area (Å²) in [6.45, 7) is 14.3. The van der Waals surface area contributed by atoms with E-state index in [4.69, 9.17) is 0 Å². The van der Waals surface area contributed by atoms with Crippen LogP contribution in [0.4, 0.5) is 0 Å². The third-order valence-electron chi connectivity index (χ3n) is 3.00. The molecule has 19 heavy (non-hydrogen) atoms. The molecule has 4 heteroatoms. The van der Waals surface area contributed by atoms with Crippen molar-refractivity contribution in [3.8, 4) is 0 Å². The Hall–Kier alpha value is -1.00. The van der Waals surface area contributed by atoms with Gasteiger partial charge in [0.25, 0.3) is 0 Å². The number of carbonyl (C=O) groups is 2. The van der Waals surface area contributed by atoms with Gasteiger partial charge in [-0.05, 0) is 26.3 Å². The monoisotopic (exact) mass is 268 g/mol. The molecule has 0 bridgehead atoms. The third-order valence-corrected chi connectivity index (χ3v) is 3.00. The fourth-order valence-electron chi connectivity index (χ4n) is 1.59. The Morgan fingerprint density at radius 1 is 1.16 bits per heavy atom. The molecule has 0 rings (SSSR count). The average Bonchev–Trinajstić information content (AvgIpc) is 2.27. The molecule has 0 aliphatic carbocycles. The second-order valence-corrected chi connectivity index (χ2v) is 5.79. The highest BCUT2D eigenvalue weighted by molar-refractivity contribution is 5.94. The van der Waals surface area contributed by atoms with E-state index in [1.165, 1.54) is 0 Å². The lowest BCUT2D eigenvalue weighted by Gasteiger charge is -2.25. The molecule has 0 saturated heterocycles. The van der Waals surface area contributed by atoms with Crippen molar-refractivity contribution in [1.82, 2.24) is 10.6 Å². The van der Waals surface area contributed by atoms with E-state index >= 15 is 0 Å². The lowest BCUT2D eigenvalue weighted by Crippen LogP contribution is -2.48. The zero-order chi connectivity index (χ0) is 15.1. The van der Waals surface area contributed by atoms with Gasteiger partial charge in [-0.25, -0.2) is 0 Å². The summed E-state index contributed by atoms with van der Waals surface area (Å²) in [5, 5.41) is 6.37. The summed E-state index contributed by atoms with van der Waals surface area (Å²) < 4.78 is 0. The van der Waals surface area contributed by atoms with E-state index in [1.807, 2.05) is 13.8 Å². The molecule has 0 amide bonds. The van der Waals surface area contributed by atoms with Crippen molar-refractivity contribution in [1.29, 1.82) is 0 Å². The first-order chi connectivity index (χ1) is 8.66. The van der Waals surface area contributed by atoms with Crippen LogP contribution in [-0.4, -0.2) is 36.2 Å². The molecule has 0 radical (unpaired) electrons. The molecule has 4 nitrogen and oxygen atoms in total. The first-order valence-electron chi connectivity index (χ1n) is 6.87. The molecular weight excluding hydrogens is 240 g/mol. The van der Waals surface area contributed by atoms with Crippen LogP contribution in [-0.2, 0) is 9.59 Å². The third kappa shape index (κ3) is 7.90. The minimum Gasteiger partial charge on any atom is -0.314 e. The molecule has 0 aliphatic heterocycles. The van der Waals surface area contributed by atoms with Crippen molar-refractivity contribution in [3.05, 3.63) is 12.2 Å². The van der Waals surface area contributed by atoms with Crippen molar-refractivity contribution < 1.29 is 9.59 Å². The molecule has 0 saturated carbocycles. The Labute approximate surface area is 117 Å². The number of rotatable bonds is 10. The fraction of sp³-hybridized carbons (Fsp3) is 0.733. The number of Topliss-reactive ketones (excluding diaryl/α,β-unsaturated/α-hetero) is 2. The highest BCUT2D eigenvalue weighted by Crippen LogP contribution is 2.07. The van der Waals surface area contributed by atoms with Gasteiger partial charge in [0.2, 0.25) is 0 Å². The van der Waals surface area contributed by atoms with Crippen LogP contribution < -0.4 is 10.6 Å². The summed E-state index contributed by atoms with van der Waals surface area (Å²) in [5.41, 5.74) is -0.0272. The number of allylic oxidation sites excluding steroid dienone is 1. The van der Waals surface area contributed by atoms with Gasteiger partial charge in [-0.15, -0.1) is 0 Å². The summed E-state index contributed by atoms with van der Waals surface area (Å²) in [7, 11) is 0. The lowest BCUT2D eigenvalue weighted by molar-refractivity contribution is -0.124. The highest BCUT2D eigenvalue weighted by Gasteiger charge is 2.25. The SMILES string of the molecule is C=C(C)C(=O)CCNC(C)(C)C(=O)CCNC(C)C. The topological polar surface area (TPSA) is 58.2 Å². The van der Waals surface area contributed by atoms with Crippen LogP contribution in [0.5, 0.6) is 0 Å². The molecule has 110 valence electrons. The minimum atomic E-state index is -0.589. The van der Waals surface area contributed by atoms with E-state index in [0.717, 1.165) is 0 Å². The van der Waals surface area contributed by atoms with Crippen LogP contribution >= 0.6 is 0 Å². The van der Waals surface area contributed by atoms with Gasteiger partial charge in [-0.1, -0.05) is 20.4 Å². The summed E-state index contributed by atoms with van der Waals surface area (Å²) >= 11 is 0. The number of ketones is 2. The Morgan fingerprint density at radius 2 is 1.74 bits per heavy atom. The Balaban J connectivity index is 4.05. The number of nitrogens with one attached hydrogen (secondary N) is 2. The summed E-state index contributed by atoms with van der Waals surface area (Å²) in [6.07, 6.45) is 0.878. The zero-order valence-corrected chi connectivity index (χ0v) is 12.9. The van der Waals surface area contributed by atoms with E-state index < -0.39 is 5.54 Å². The van der Waals surface area contributed by atoms with E-state index in [9.17, 15) is 9.59 Å². The number of hydrogen-bond acceptors (Lipinski definition) is 4. The van der Waals surface area contributed by atoms with Crippen LogP contribution in [0.2, 0.25) is 0 Å². The molecular formula is C15H28N2O2. The van der Waals surface area contributed by atoms with Gasteiger partial charge in [0, 0.05) is 32.0 Å². The van der Waals surface area contributed by atoms with Crippen LogP contribution in [0.15, 0.2) is 12.2 Å². The zero-order valence-electron chi connectivity index (χ0n) is 12.9. The first-order valence-corrected chi connectivity index (χ1v) is 6.87. The van der Waals surface area contributed by atoms with Crippen LogP contribution in [0.1, 0.15) is 47.5 Å². The fourth-order valence-corrected chi connectivity index (χ4v) is 1.59. The Kier molecular flexibility index (Phi) is 7.79. The second kappa shape index (κ2) is 8.23. The van der Waals surface area contributed by atoms with E-state index in [-0.39, 0.29) is 11.6 Å². The number of carbonyl (C=O) groups excluding carboxylic acids is 2. The van der Waals surface area contributed by atoms with Crippen molar-refractivity contribution in [2.24, 2.45) is 0 Å². The van der Waals surface area contributed by atoms with Crippen molar-refractivity contribution >= 4 is 11.6 Å². The maximum absolute atomic E-state index is 12.1. The van der Waals surface area contributed by atoms with Gasteiger partial charge in [0.1, 0.15) is 0 Å². The second-order valence-electron chi connectivity index (χ2n) is 5.79. The predicted molar refractivity (Wildman–Crippen MR) is 79.3 cm³/mol. The molecule has 0 unspecified atom stereocenters.